The Morgan fingerprint density at radius 2 is 2.10 bits per heavy atom. The van der Waals surface area contributed by atoms with Gasteiger partial charge in [-0.05, 0) is 31.2 Å². The average molecular weight is 315 g/mol. The lowest BCUT2D eigenvalue weighted by Gasteiger charge is -2.17. The highest BCUT2D eigenvalue weighted by molar-refractivity contribution is 7.89. The van der Waals surface area contributed by atoms with E-state index in [4.69, 9.17) is 16.7 Å². The van der Waals surface area contributed by atoms with Crippen molar-refractivity contribution in [2.45, 2.75) is 17.9 Å². The number of sulfonamides is 1. The van der Waals surface area contributed by atoms with E-state index in [2.05, 4.69) is 10.4 Å². The molecule has 2 aromatic rings. The molecule has 3 N–H and O–H groups in total. The summed E-state index contributed by atoms with van der Waals surface area (Å²) in [7, 11) is -1.93. The van der Waals surface area contributed by atoms with Crippen LogP contribution in [0.15, 0.2) is 35.4 Å². The number of aromatic nitrogens is 2. The molecule has 0 bridgehead atoms. The Hall–Kier alpha value is -1.57. The fraction of sp³-hybridized carbons (Fsp3) is 0.250. The summed E-state index contributed by atoms with van der Waals surface area (Å²) in [5.74, 6) is 0. The number of halogens is 1. The van der Waals surface area contributed by atoms with Crippen molar-refractivity contribution in [3.63, 3.8) is 0 Å². The molecule has 0 radical (unpaired) electrons. The van der Waals surface area contributed by atoms with Gasteiger partial charge < -0.3 is 5.32 Å². The third-order valence-corrected chi connectivity index (χ3v) is 4.18. The predicted octanol–water partition coefficient (Wildman–Crippen LogP) is 1.89. The summed E-state index contributed by atoms with van der Waals surface area (Å²) in [6, 6.07) is 6.08. The van der Waals surface area contributed by atoms with E-state index in [9.17, 15) is 8.42 Å². The molecule has 0 amide bonds. The Labute approximate surface area is 122 Å². The number of nitrogens with two attached hydrogens (primary N) is 1. The molecule has 1 unspecified atom stereocenters. The molecule has 2 rings (SSSR count). The first kappa shape index (κ1) is 14.8. The van der Waals surface area contributed by atoms with Crippen LogP contribution in [0.25, 0.3) is 0 Å². The van der Waals surface area contributed by atoms with E-state index < -0.39 is 10.0 Å². The van der Waals surface area contributed by atoms with Crippen LogP contribution in [0.3, 0.4) is 0 Å². The molecular formula is C12H15ClN4O2S. The fourth-order valence-corrected chi connectivity index (χ4v) is 2.62. The van der Waals surface area contributed by atoms with Gasteiger partial charge in [-0.25, -0.2) is 13.6 Å². The number of rotatable bonds is 4. The second kappa shape index (κ2) is 5.43. The first-order chi connectivity index (χ1) is 9.29. The third-order valence-electron chi connectivity index (χ3n) is 2.94. The van der Waals surface area contributed by atoms with Gasteiger partial charge in [0.1, 0.15) is 0 Å². The summed E-state index contributed by atoms with van der Waals surface area (Å²) in [4.78, 5) is 0.0154. The number of nitrogens with one attached hydrogen (secondary N) is 1. The summed E-state index contributed by atoms with van der Waals surface area (Å²) in [6.07, 6.45) is 1.69. The van der Waals surface area contributed by atoms with Gasteiger partial charge in [-0.3, -0.25) is 4.68 Å². The van der Waals surface area contributed by atoms with Gasteiger partial charge in [-0.2, -0.15) is 5.10 Å². The van der Waals surface area contributed by atoms with Crippen molar-refractivity contribution in [3.8, 4) is 0 Å². The monoisotopic (exact) mass is 314 g/mol. The average Bonchev–Trinajstić information content (AvgIpc) is 2.77. The number of aryl methyl sites for hydroxylation is 1. The lowest BCUT2D eigenvalue weighted by molar-refractivity contribution is 0.598. The van der Waals surface area contributed by atoms with Gasteiger partial charge in [0.15, 0.2) is 0 Å². The highest BCUT2D eigenvalue weighted by Crippen LogP contribution is 2.28. The van der Waals surface area contributed by atoms with E-state index in [1.165, 1.54) is 18.2 Å². The Balaban J connectivity index is 2.32. The maximum Gasteiger partial charge on any atom is 0.238 e. The van der Waals surface area contributed by atoms with Crippen LogP contribution in [0.1, 0.15) is 18.7 Å². The Bertz CT molecular complexity index is 727. The van der Waals surface area contributed by atoms with Gasteiger partial charge >= 0.3 is 0 Å². The first-order valence-corrected chi connectivity index (χ1v) is 7.78. The largest absolute Gasteiger partial charge is 0.376 e. The minimum absolute atomic E-state index is 0.0154. The molecule has 108 valence electrons. The molecule has 20 heavy (non-hydrogen) atoms. The van der Waals surface area contributed by atoms with Crippen LogP contribution < -0.4 is 10.5 Å². The molecule has 8 heteroatoms. The predicted molar refractivity (Wildman–Crippen MR) is 78.1 cm³/mol. The summed E-state index contributed by atoms with van der Waals surface area (Å²) < 4.78 is 24.4. The molecule has 0 aliphatic heterocycles. The molecule has 0 fully saturated rings. The Morgan fingerprint density at radius 1 is 1.40 bits per heavy atom. The zero-order valence-corrected chi connectivity index (χ0v) is 12.6. The minimum atomic E-state index is -3.76. The number of primary sulfonamides is 1. The Kier molecular flexibility index (Phi) is 4.03. The lowest BCUT2D eigenvalue weighted by Crippen LogP contribution is -2.14. The molecule has 0 aliphatic carbocycles. The molecule has 0 spiro atoms. The molecular weight excluding hydrogens is 300 g/mol. The standard InChI is InChI=1S/C12H15ClN4O2S/c1-8(12-5-6-15-17(12)2)16-11-7-9(20(14,18)19)3-4-10(11)13/h3-8,16H,1-2H3,(H2,14,18,19). The molecule has 1 aromatic carbocycles. The van der Waals surface area contributed by atoms with Crippen LogP contribution in [0.4, 0.5) is 5.69 Å². The van der Waals surface area contributed by atoms with Gasteiger partial charge in [0.2, 0.25) is 10.0 Å². The van der Waals surface area contributed by atoms with Crippen LogP contribution in [0.2, 0.25) is 5.02 Å². The molecule has 6 nitrogen and oxygen atoms in total. The van der Waals surface area contributed by atoms with Crippen molar-refractivity contribution in [1.82, 2.24) is 9.78 Å². The molecule has 0 saturated heterocycles. The normalized spacial score (nSPS) is 13.2. The van der Waals surface area contributed by atoms with E-state index in [0.29, 0.717) is 10.7 Å². The van der Waals surface area contributed by atoms with Crippen molar-refractivity contribution in [1.29, 1.82) is 0 Å². The summed E-state index contributed by atoms with van der Waals surface area (Å²) in [5, 5.41) is 12.8. The van der Waals surface area contributed by atoms with E-state index in [-0.39, 0.29) is 10.9 Å². The summed E-state index contributed by atoms with van der Waals surface area (Å²) >= 11 is 6.07. The molecule has 1 heterocycles. The smallest absolute Gasteiger partial charge is 0.238 e. The van der Waals surface area contributed by atoms with E-state index in [0.717, 1.165) is 5.69 Å². The van der Waals surface area contributed by atoms with Crippen molar-refractivity contribution in [3.05, 3.63) is 41.2 Å². The number of anilines is 1. The van der Waals surface area contributed by atoms with Crippen LogP contribution in [0.5, 0.6) is 0 Å². The van der Waals surface area contributed by atoms with Crippen molar-refractivity contribution < 1.29 is 8.42 Å². The summed E-state index contributed by atoms with van der Waals surface area (Å²) in [5.41, 5.74) is 1.45. The molecule has 0 saturated carbocycles. The SMILES string of the molecule is CC(Nc1cc(S(N)(=O)=O)ccc1Cl)c1ccnn1C. The van der Waals surface area contributed by atoms with Gasteiger partial charge in [0, 0.05) is 13.2 Å². The van der Waals surface area contributed by atoms with Crippen LogP contribution >= 0.6 is 11.6 Å². The molecule has 0 aliphatic rings. The van der Waals surface area contributed by atoms with Crippen molar-refractivity contribution >= 4 is 27.3 Å². The summed E-state index contributed by atoms with van der Waals surface area (Å²) in [6.45, 7) is 1.93. The first-order valence-electron chi connectivity index (χ1n) is 5.86. The highest BCUT2D eigenvalue weighted by Gasteiger charge is 2.14. The second-order valence-corrected chi connectivity index (χ2v) is 6.40. The third kappa shape index (κ3) is 3.12. The number of hydrogen-bond acceptors (Lipinski definition) is 4. The van der Waals surface area contributed by atoms with Gasteiger partial charge in [0.25, 0.3) is 0 Å². The minimum Gasteiger partial charge on any atom is -0.376 e. The molecule has 1 atom stereocenters. The maximum atomic E-state index is 11.4. The van der Waals surface area contributed by atoms with Crippen molar-refractivity contribution in [2.75, 3.05) is 5.32 Å². The van der Waals surface area contributed by atoms with Crippen LogP contribution in [-0.4, -0.2) is 18.2 Å². The second-order valence-electron chi connectivity index (χ2n) is 4.43. The lowest BCUT2D eigenvalue weighted by atomic mass is 10.2. The Morgan fingerprint density at radius 3 is 2.65 bits per heavy atom. The zero-order chi connectivity index (χ0) is 14.9. The number of nitrogens with zero attached hydrogens (tertiary/aromatic N) is 2. The van der Waals surface area contributed by atoms with Gasteiger partial charge in [-0.15, -0.1) is 0 Å². The fourth-order valence-electron chi connectivity index (χ4n) is 1.91. The van der Waals surface area contributed by atoms with Crippen LogP contribution in [0, 0.1) is 0 Å². The van der Waals surface area contributed by atoms with E-state index in [1.807, 2.05) is 20.0 Å². The zero-order valence-electron chi connectivity index (χ0n) is 11.0. The topological polar surface area (TPSA) is 90.0 Å². The van der Waals surface area contributed by atoms with Crippen LogP contribution in [-0.2, 0) is 17.1 Å². The van der Waals surface area contributed by atoms with Gasteiger partial charge in [-0.1, -0.05) is 11.6 Å². The number of hydrogen-bond donors (Lipinski definition) is 2. The van der Waals surface area contributed by atoms with E-state index in [1.54, 1.807) is 10.9 Å². The van der Waals surface area contributed by atoms with Gasteiger partial charge in [0.05, 0.1) is 27.3 Å². The van der Waals surface area contributed by atoms with Crippen molar-refractivity contribution in [2.24, 2.45) is 12.2 Å². The quantitative estimate of drug-likeness (QED) is 0.901. The van der Waals surface area contributed by atoms with E-state index >= 15 is 0 Å². The maximum absolute atomic E-state index is 11.4. The molecule has 1 aromatic heterocycles. The highest BCUT2D eigenvalue weighted by atomic mass is 35.5. The number of benzene rings is 1.